The van der Waals surface area contributed by atoms with E-state index in [9.17, 15) is 9.90 Å². The monoisotopic (exact) mass is 366 g/mol. The highest BCUT2D eigenvalue weighted by atomic mass is 127. The van der Waals surface area contributed by atoms with Crippen molar-refractivity contribution in [2.24, 2.45) is 0 Å². The first-order chi connectivity index (χ1) is 9.16. The smallest absolute Gasteiger partial charge is 0.0725 e. The van der Waals surface area contributed by atoms with Crippen molar-refractivity contribution in [3.63, 3.8) is 0 Å². The van der Waals surface area contributed by atoms with Crippen molar-refractivity contribution in [3.05, 3.63) is 38.6 Å². The third-order valence-electron chi connectivity index (χ3n) is 3.68. The summed E-state index contributed by atoms with van der Waals surface area (Å²) in [7, 11) is 0. The number of pyridine rings is 1. The molecule has 0 unspecified atom stereocenters. The van der Waals surface area contributed by atoms with Crippen LogP contribution in [0.5, 0.6) is 0 Å². The van der Waals surface area contributed by atoms with E-state index in [1.807, 2.05) is 18.2 Å². The van der Waals surface area contributed by atoms with Crippen molar-refractivity contribution in [1.82, 2.24) is 4.98 Å². The average molecular weight is 366 g/mol. The SMILES string of the molecule is O=C([O-])c1c2c(nc3ccc(I)cc13)CCCCC2. The molecule has 1 aromatic carbocycles. The van der Waals surface area contributed by atoms with Crippen LogP contribution >= 0.6 is 22.6 Å². The lowest BCUT2D eigenvalue weighted by molar-refractivity contribution is -0.254. The van der Waals surface area contributed by atoms with Gasteiger partial charge in [-0.1, -0.05) is 6.42 Å². The van der Waals surface area contributed by atoms with Gasteiger partial charge < -0.3 is 9.90 Å². The van der Waals surface area contributed by atoms with Crippen molar-refractivity contribution in [3.8, 4) is 0 Å². The molecule has 98 valence electrons. The summed E-state index contributed by atoms with van der Waals surface area (Å²) in [5, 5.41) is 12.3. The summed E-state index contributed by atoms with van der Waals surface area (Å²) in [6.07, 6.45) is 4.92. The number of carboxylic acid groups (broad SMARTS) is 1. The molecule has 4 heteroatoms. The molecule has 3 nitrogen and oxygen atoms in total. The first kappa shape index (κ1) is 12.8. The van der Waals surface area contributed by atoms with Crippen LogP contribution in [0.15, 0.2) is 18.2 Å². The number of carbonyl (C=O) groups excluding carboxylic acids is 1. The number of hydrogen-bond acceptors (Lipinski definition) is 3. The minimum atomic E-state index is -1.08. The van der Waals surface area contributed by atoms with Crippen LogP contribution in [0.2, 0.25) is 0 Å². The number of hydrogen-bond donors (Lipinski definition) is 0. The molecular formula is C15H13INO2-. The molecule has 1 aromatic heterocycles. The van der Waals surface area contributed by atoms with Gasteiger partial charge in [-0.25, -0.2) is 0 Å². The molecule has 1 aliphatic rings. The number of aromatic carboxylic acids is 1. The number of aryl methyl sites for hydroxylation is 1. The summed E-state index contributed by atoms with van der Waals surface area (Å²) < 4.78 is 1.02. The summed E-state index contributed by atoms with van der Waals surface area (Å²) in [6.45, 7) is 0. The van der Waals surface area contributed by atoms with E-state index in [-0.39, 0.29) is 0 Å². The molecule has 19 heavy (non-hydrogen) atoms. The molecule has 1 heterocycles. The van der Waals surface area contributed by atoms with E-state index in [2.05, 4.69) is 27.6 Å². The molecule has 0 bridgehead atoms. The van der Waals surface area contributed by atoms with Crippen LogP contribution in [-0.4, -0.2) is 11.0 Å². The zero-order valence-corrected chi connectivity index (χ0v) is 12.6. The number of nitrogens with zero attached hydrogens (tertiary/aromatic N) is 1. The first-order valence-corrected chi connectivity index (χ1v) is 7.57. The number of carbonyl (C=O) groups is 1. The van der Waals surface area contributed by atoms with E-state index in [0.717, 1.165) is 52.4 Å². The number of aromatic nitrogens is 1. The van der Waals surface area contributed by atoms with Crippen molar-refractivity contribution in [2.75, 3.05) is 0 Å². The van der Waals surface area contributed by atoms with Crippen molar-refractivity contribution in [2.45, 2.75) is 32.1 Å². The van der Waals surface area contributed by atoms with Crippen molar-refractivity contribution >= 4 is 39.5 Å². The topological polar surface area (TPSA) is 53.0 Å². The van der Waals surface area contributed by atoms with Crippen LogP contribution in [0.1, 0.15) is 40.9 Å². The fourth-order valence-electron chi connectivity index (χ4n) is 2.81. The third-order valence-corrected chi connectivity index (χ3v) is 4.35. The van der Waals surface area contributed by atoms with Crippen LogP contribution < -0.4 is 5.11 Å². The molecule has 0 N–H and O–H groups in total. The van der Waals surface area contributed by atoms with E-state index in [1.54, 1.807) is 0 Å². The summed E-state index contributed by atoms with van der Waals surface area (Å²) in [6, 6.07) is 5.74. The third kappa shape index (κ3) is 2.33. The van der Waals surface area contributed by atoms with Gasteiger partial charge in [-0.2, -0.15) is 0 Å². The Labute approximate surface area is 125 Å². The Kier molecular flexibility index (Phi) is 3.43. The van der Waals surface area contributed by atoms with Gasteiger partial charge in [-0.05, 0) is 72.0 Å². The second kappa shape index (κ2) is 5.07. The zero-order valence-electron chi connectivity index (χ0n) is 10.4. The van der Waals surface area contributed by atoms with Gasteiger partial charge in [-0.3, -0.25) is 4.98 Å². The summed E-state index contributed by atoms with van der Waals surface area (Å²) in [5.74, 6) is -1.08. The lowest BCUT2D eigenvalue weighted by Crippen LogP contribution is -2.25. The lowest BCUT2D eigenvalue weighted by Gasteiger charge is -2.16. The molecule has 0 fully saturated rings. The maximum Gasteiger partial charge on any atom is 0.0725 e. The second-order valence-electron chi connectivity index (χ2n) is 4.92. The Morgan fingerprint density at radius 3 is 2.79 bits per heavy atom. The molecule has 0 amide bonds. The summed E-state index contributed by atoms with van der Waals surface area (Å²) in [5.41, 5.74) is 2.97. The van der Waals surface area contributed by atoms with E-state index in [0.29, 0.717) is 10.9 Å². The standard InChI is InChI=1S/C15H14INO2/c16-9-6-7-13-11(8-9)14(15(18)19)10-4-2-1-3-5-12(10)17-13/h6-8H,1-5H2,(H,18,19)/p-1. The molecule has 0 saturated heterocycles. The van der Waals surface area contributed by atoms with Crippen LogP contribution in [0.4, 0.5) is 0 Å². The summed E-state index contributed by atoms with van der Waals surface area (Å²) in [4.78, 5) is 16.2. The summed E-state index contributed by atoms with van der Waals surface area (Å²) >= 11 is 2.19. The Bertz CT molecular complexity index is 667. The van der Waals surface area contributed by atoms with Gasteiger partial charge in [0.15, 0.2) is 0 Å². The predicted octanol–water partition coefficient (Wildman–Crippen LogP) is 2.47. The van der Waals surface area contributed by atoms with Gasteiger partial charge in [0.25, 0.3) is 0 Å². The molecule has 3 rings (SSSR count). The van der Waals surface area contributed by atoms with E-state index < -0.39 is 5.97 Å². The molecule has 2 aromatic rings. The fraction of sp³-hybridized carbons (Fsp3) is 0.333. The quantitative estimate of drug-likeness (QED) is 0.576. The Morgan fingerprint density at radius 1 is 1.21 bits per heavy atom. The van der Waals surface area contributed by atoms with Gasteiger partial charge in [0.2, 0.25) is 0 Å². The highest BCUT2D eigenvalue weighted by Crippen LogP contribution is 2.29. The van der Waals surface area contributed by atoms with Gasteiger partial charge in [0.05, 0.1) is 11.5 Å². The van der Waals surface area contributed by atoms with E-state index >= 15 is 0 Å². The van der Waals surface area contributed by atoms with Gasteiger partial charge in [0.1, 0.15) is 0 Å². The maximum absolute atomic E-state index is 11.6. The van der Waals surface area contributed by atoms with Crippen LogP contribution in [-0.2, 0) is 12.8 Å². The molecular weight excluding hydrogens is 353 g/mol. The number of fused-ring (bicyclic) bond motifs is 2. The predicted molar refractivity (Wildman–Crippen MR) is 80.0 cm³/mol. The van der Waals surface area contributed by atoms with Gasteiger partial charge >= 0.3 is 0 Å². The number of halogens is 1. The fourth-order valence-corrected chi connectivity index (χ4v) is 3.30. The Balaban J connectivity index is 2.37. The van der Waals surface area contributed by atoms with Crippen LogP contribution in [0.25, 0.3) is 10.9 Å². The molecule has 0 saturated carbocycles. The first-order valence-electron chi connectivity index (χ1n) is 6.49. The zero-order chi connectivity index (χ0) is 13.4. The Morgan fingerprint density at radius 2 is 2.00 bits per heavy atom. The minimum absolute atomic E-state index is 0.361. The maximum atomic E-state index is 11.6. The molecule has 0 spiro atoms. The Hall–Kier alpha value is -1.17. The minimum Gasteiger partial charge on any atom is -0.545 e. The second-order valence-corrected chi connectivity index (χ2v) is 6.17. The van der Waals surface area contributed by atoms with Gasteiger partial charge in [-0.15, -0.1) is 0 Å². The van der Waals surface area contributed by atoms with Crippen molar-refractivity contribution in [1.29, 1.82) is 0 Å². The van der Waals surface area contributed by atoms with Crippen LogP contribution in [0, 0.1) is 3.57 Å². The normalized spacial score (nSPS) is 15.0. The molecule has 1 aliphatic carbocycles. The van der Waals surface area contributed by atoms with Gasteiger partial charge in [0, 0.05) is 20.2 Å². The lowest BCUT2D eigenvalue weighted by atomic mass is 9.97. The number of benzene rings is 1. The number of rotatable bonds is 1. The highest BCUT2D eigenvalue weighted by molar-refractivity contribution is 14.1. The van der Waals surface area contributed by atoms with E-state index in [4.69, 9.17) is 0 Å². The van der Waals surface area contributed by atoms with E-state index in [1.165, 1.54) is 0 Å². The molecule has 0 atom stereocenters. The number of carboxylic acids is 1. The molecule has 0 aliphatic heterocycles. The largest absolute Gasteiger partial charge is 0.545 e. The highest BCUT2D eigenvalue weighted by Gasteiger charge is 2.17. The van der Waals surface area contributed by atoms with Crippen LogP contribution in [0.3, 0.4) is 0 Å². The molecule has 0 radical (unpaired) electrons. The van der Waals surface area contributed by atoms with Crippen molar-refractivity contribution < 1.29 is 9.90 Å². The average Bonchev–Trinajstić information content (AvgIpc) is 2.60.